The van der Waals surface area contributed by atoms with Crippen molar-refractivity contribution >= 4 is 30.0 Å². The van der Waals surface area contributed by atoms with Crippen molar-refractivity contribution in [2.24, 2.45) is 11.1 Å². The molecule has 102 valence electrons. The normalized spacial score (nSPS) is 12.6. The standard InChI is InChI=1S/C13H18ClNO2.ClH/c1-8-7-9(14)5-6-10(8)11(15)13(2,3)12(16)17-4;/h5-7,11H,15H2,1-4H3;1H/t11-;/m1./s1. The Bertz CT molecular complexity index is 433. The van der Waals surface area contributed by atoms with Gasteiger partial charge in [0, 0.05) is 11.1 Å². The fourth-order valence-corrected chi connectivity index (χ4v) is 1.99. The van der Waals surface area contributed by atoms with Crippen LogP contribution in [0.5, 0.6) is 0 Å². The first-order chi connectivity index (χ1) is 7.80. The lowest BCUT2D eigenvalue weighted by Crippen LogP contribution is -2.37. The maximum absolute atomic E-state index is 11.7. The second-order valence-electron chi connectivity index (χ2n) is 4.69. The first kappa shape index (κ1) is 17.2. The molecule has 0 aliphatic heterocycles. The summed E-state index contributed by atoms with van der Waals surface area (Å²) in [5, 5.41) is 0.661. The zero-order valence-electron chi connectivity index (χ0n) is 11.0. The van der Waals surface area contributed by atoms with E-state index in [4.69, 9.17) is 22.1 Å². The molecule has 1 rings (SSSR count). The van der Waals surface area contributed by atoms with Crippen molar-refractivity contribution in [2.75, 3.05) is 7.11 Å². The van der Waals surface area contributed by atoms with Gasteiger partial charge < -0.3 is 10.5 Å². The van der Waals surface area contributed by atoms with E-state index in [-0.39, 0.29) is 18.4 Å². The minimum Gasteiger partial charge on any atom is -0.469 e. The molecule has 0 unspecified atom stereocenters. The highest BCUT2D eigenvalue weighted by atomic mass is 35.5. The Balaban J connectivity index is 0.00000289. The Kier molecular flexibility index (Phi) is 6.14. The van der Waals surface area contributed by atoms with Crippen LogP contribution in [0.15, 0.2) is 18.2 Å². The van der Waals surface area contributed by atoms with Crippen molar-refractivity contribution in [3.63, 3.8) is 0 Å². The van der Waals surface area contributed by atoms with E-state index in [2.05, 4.69) is 0 Å². The minimum absolute atomic E-state index is 0. The van der Waals surface area contributed by atoms with Crippen LogP contribution in [0.3, 0.4) is 0 Å². The molecule has 0 aromatic heterocycles. The minimum atomic E-state index is -0.770. The monoisotopic (exact) mass is 291 g/mol. The Morgan fingerprint density at radius 2 is 2.00 bits per heavy atom. The average Bonchev–Trinajstić information content (AvgIpc) is 2.27. The summed E-state index contributed by atoms with van der Waals surface area (Å²) >= 11 is 5.89. The molecule has 1 aromatic rings. The Morgan fingerprint density at radius 3 is 2.44 bits per heavy atom. The molecule has 0 bridgehead atoms. The predicted molar refractivity (Wildman–Crippen MR) is 76.2 cm³/mol. The largest absolute Gasteiger partial charge is 0.469 e. The van der Waals surface area contributed by atoms with E-state index >= 15 is 0 Å². The van der Waals surface area contributed by atoms with Crippen LogP contribution in [-0.4, -0.2) is 13.1 Å². The number of rotatable bonds is 3. The van der Waals surface area contributed by atoms with Crippen molar-refractivity contribution in [3.05, 3.63) is 34.3 Å². The van der Waals surface area contributed by atoms with E-state index in [1.807, 2.05) is 19.1 Å². The van der Waals surface area contributed by atoms with Crippen LogP contribution in [-0.2, 0) is 9.53 Å². The molecule has 0 amide bonds. The molecule has 2 N–H and O–H groups in total. The van der Waals surface area contributed by atoms with Crippen LogP contribution in [0.1, 0.15) is 31.0 Å². The number of hydrogen-bond donors (Lipinski definition) is 1. The fraction of sp³-hybridized carbons (Fsp3) is 0.462. The molecule has 0 heterocycles. The van der Waals surface area contributed by atoms with Gasteiger partial charge in [0.25, 0.3) is 0 Å². The lowest BCUT2D eigenvalue weighted by molar-refractivity contribution is -0.152. The van der Waals surface area contributed by atoms with E-state index < -0.39 is 11.5 Å². The van der Waals surface area contributed by atoms with Gasteiger partial charge in [0.05, 0.1) is 12.5 Å². The van der Waals surface area contributed by atoms with Crippen LogP contribution in [0, 0.1) is 12.3 Å². The molecule has 1 aromatic carbocycles. The summed E-state index contributed by atoms with van der Waals surface area (Å²) in [5.41, 5.74) is 7.27. The number of esters is 1. The number of aryl methyl sites for hydroxylation is 1. The Labute approximate surface area is 119 Å². The van der Waals surface area contributed by atoms with Crippen molar-refractivity contribution in [3.8, 4) is 0 Å². The summed E-state index contributed by atoms with van der Waals surface area (Å²) in [7, 11) is 1.37. The van der Waals surface area contributed by atoms with Gasteiger partial charge in [-0.3, -0.25) is 4.79 Å². The van der Waals surface area contributed by atoms with Crippen LogP contribution >= 0.6 is 24.0 Å². The zero-order valence-corrected chi connectivity index (χ0v) is 12.6. The van der Waals surface area contributed by atoms with Crippen molar-refractivity contribution < 1.29 is 9.53 Å². The number of nitrogens with two attached hydrogens (primary N) is 1. The molecule has 0 aliphatic rings. The predicted octanol–water partition coefficient (Wildman–Crippen LogP) is 3.27. The van der Waals surface area contributed by atoms with Gasteiger partial charge in [0.2, 0.25) is 0 Å². The van der Waals surface area contributed by atoms with Crippen molar-refractivity contribution in [2.45, 2.75) is 26.8 Å². The Morgan fingerprint density at radius 1 is 1.44 bits per heavy atom. The second-order valence-corrected chi connectivity index (χ2v) is 5.13. The molecule has 0 aliphatic carbocycles. The van der Waals surface area contributed by atoms with Crippen LogP contribution in [0.25, 0.3) is 0 Å². The molecule has 0 saturated heterocycles. The molecule has 0 saturated carbocycles. The van der Waals surface area contributed by atoms with E-state index in [1.54, 1.807) is 19.9 Å². The summed E-state index contributed by atoms with van der Waals surface area (Å²) in [6.07, 6.45) is 0. The number of carbonyl (C=O) groups is 1. The summed E-state index contributed by atoms with van der Waals surface area (Å²) in [4.78, 5) is 11.7. The smallest absolute Gasteiger partial charge is 0.313 e. The highest BCUT2D eigenvalue weighted by Gasteiger charge is 2.37. The quantitative estimate of drug-likeness (QED) is 0.870. The number of carbonyl (C=O) groups excluding carboxylic acids is 1. The average molecular weight is 292 g/mol. The first-order valence-electron chi connectivity index (χ1n) is 5.40. The Hall–Kier alpha value is -0.770. The number of ether oxygens (including phenoxy) is 1. The van der Waals surface area contributed by atoms with E-state index in [9.17, 15) is 4.79 Å². The summed E-state index contributed by atoms with van der Waals surface area (Å²) in [6.45, 7) is 5.48. The van der Waals surface area contributed by atoms with Crippen molar-refractivity contribution in [1.82, 2.24) is 0 Å². The van der Waals surface area contributed by atoms with E-state index in [0.717, 1.165) is 11.1 Å². The van der Waals surface area contributed by atoms with Crippen LogP contribution in [0.2, 0.25) is 5.02 Å². The van der Waals surface area contributed by atoms with Gasteiger partial charge in [-0.1, -0.05) is 17.7 Å². The summed E-state index contributed by atoms with van der Waals surface area (Å²) in [6, 6.07) is 5.04. The number of hydrogen-bond acceptors (Lipinski definition) is 3. The molecular weight excluding hydrogens is 273 g/mol. The molecule has 0 spiro atoms. The van der Waals surface area contributed by atoms with Gasteiger partial charge in [0.1, 0.15) is 0 Å². The third kappa shape index (κ3) is 3.37. The molecular formula is C13H19Cl2NO2. The third-order valence-electron chi connectivity index (χ3n) is 3.06. The molecule has 3 nitrogen and oxygen atoms in total. The van der Waals surface area contributed by atoms with Gasteiger partial charge in [-0.05, 0) is 44.0 Å². The topological polar surface area (TPSA) is 52.3 Å². The molecule has 1 atom stereocenters. The fourth-order valence-electron chi connectivity index (χ4n) is 1.77. The highest BCUT2D eigenvalue weighted by Crippen LogP contribution is 2.34. The van der Waals surface area contributed by atoms with Gasteiger partial charge >= 0.3 is 5.97 Å². The third-order valence-corrected chi connectivity index (χ3v) is 3.29. The highest BCUT2D eigenvalue weighted by molar-refractivity contribution is 6.30. The maximum Gasteiger partial charge on any atom is 0.313 e. The SMILES string of the molecule is COC(=O)C(C)(C)[C@H](N)c1ccc(Cl)cc1C.Cl. The van der Waals surface area contributed by atoms with Crippen LogP contribution < -0.4 is 5.73 Å². The zero-order chi connectivity index (χ0) is 13.2. The molecule has 0 radical (unpaired) electrons. The number of benzene rings is 1. The van der Waals surface area contributed by atoms with Gasteiger partial charge in [0.15, 0.2) is 0 Å². The van der Waals surface area contributed by atoms with Crippen molar-refractivity contribution in [1.29, 1.82) is 0 Å². The van der Waals surface area contributed by atoms with Crippen LogP contribution in [0.4, 0.5) is 0 Å². The lowest BCUT2D eigenvalue weighted by atomic mass is 9.80. The summed E-state index contributed by atoms with van der Waals surface area (Å²) < 4.78 is 4.78. The number of halogens is 2. The number of methoxy groups -OCH3 is 1. The molecule has 18 heavy (non-hydrogen) atoms. The second kappa shape index (κ2) is 6.41. The van der Waals surface area contributed by atoms with Gasteiger partial charge in [-0.15, -0.1) is 12.4 Å². The molecule has 0 fully saturated rings. The first-order valence-corrected chi connectivity index (χ1v) is 5.78. The molecule has 5 heteroatoms. The van der Waals surface area contributed by atoms with Gasteiger partial charge in [-0.25, -0.2) is 0 Å². The van der Waals surface area contributed by atoms with E-state index in [1.165, 1.54) is 7.11 Å². The summed E-state index contributed by atoms with van der Waals surface area (Å²) in [5.74, 6) is -0.320. The van der Waals surface area contributed by atoms with Gasteiger partial charge in [-0.2, -0.15) is 0 Å². The lowest BCUT2D eigenvalue weighted by Gasteiger charge is -2.30. The maximum atomic E-state index is 11.7. The van der Waals surface area contributed by atoms with E-state index in [0.29, 0.717) is 5.02 Å².